The normalized spacial score (nSPS) is 13.6. The minimum Gasteiger partial charge on any atom is -0.333 e. The molecule has 1 amide bonds. The molecule has 0 radical (unpaired) electrons. The lowest BCUT2D eigenvalue weighted by Crippen LogP contribution is -2.38. The molecule has 0 N–H and O–H groups in total. The predicted molar refractivity (Wildman–Crippen MR) is 140 cm³/mol. The fourth-order valence-corrected chi connectivity index (χ4v) is 4.79. The number of fused-ring (bicyclic) bond motifs is 1. The lowest BCUT2D eigenvalue weighted by molar-refractivity contribution is -0.134. The van der Waals surface area contributed by atoms with E-state index in [4.69, 9.17) is 4.98 Å². The van der Waals surface area contributed by atoms with Crippen LogP contribution < -0.4 is 5.56 Å². The molecule has 34 heavy (non-hydrogen) atoms. The van der Waals surface area contributed by atoms with Crippen LogP contribution in [0.3, 0.4) is 0 Å². The minimum absolute atomic E-state index is 0.109. The summed E-state index contributed by atoms with van der Waals surface area (Å²) in [5.41, 5.74) is 1.48. The smallest absolute Gasteiger partial charge is 0.266 e. The summed E-state index contributed by atoms with van der Waals surface area (Å²) in [5, 5.41) is 0.576. The first kappa shape index (κ1) is 25.7. The number of nitrogens with zero attached hydrogens (tertiary/aromatic N) is 3. The molecule has 0 bridgehead atoms. The van der Waals surface area contributed by atoms with Crippen molar-refractivity contribution in [1.82, 2.24) is 14.5 Å². The second kappa shape index (κ2) is 11.0. The van der Waals surface area contributed by atoms with E-state index in [1.165, 1.54) is 0 Å². The van der Waals surface area contributed by atoms with Crippen LogP contribution in [0.1, 0.15) is 79.1 Å². The van der Waals surface area contributed by atoms with Crippen LogP contribution in [0.25, 0.3) is 16.6 Å². The Labute approximate surface area is 203 Å². The fraction of sp³-hybridized carbons (Fsp3) is 0.483. The zero-order valence-corrected chi connectivity index (χ0v) is 21.5. The molecule has 0 aliphatic rings. The van der Waals surface area contributed by atoms with Gasteiger partial charge in [-0.2, -0.15) is 0 Å². The Bertz CT molecular complexity index is 1160. The van der Waals surface area contributed by atoms with Gasteiger partial charge >= 0.3 is 0 Å². The molecule has 3 aromatic rings. The van der Waals surface area contributed by atoms with Crippen LogP contribution in [-0.4, -0.2) is 26.9 Å². The number of unbranched alkanes of at least 4 members (excludes halogenated alkanes) is 1. The number of rotatable bonds is 9. The van der Waals surface area contributed by atoms with E-state index in [1.54, 1.807) is 4.57 Å². The SMILES string of the molecule is CCCCN(C(=O)CC(C)CC(C)(C)C)C(C)c1nc2ccccc2c(=O)n1-c1ccccc1. The fourth-order valence-electron chi connectivity index (χ4n) is 4.79. The summed E-state index contributed by atoms with van der Waals surface area (Å²) in [4.78, 5) is 34.0. The lowest BCUT2D eigenvalue weighted by Gasteiger charge is -2.32. The van der Waals surface area contributed by atoms with E-state index in [-0.39, 0.29) is 28.8 Å². The van der Waals surface area contributed by atoms with Gasteiger partial charge in [0.25, 0.3) is 5.56 Å². The highest BCUT2D eigenvalue weighted by Gasteiger charge is 2.28. The molecule has 0 aliphatic carbocycles. The highest BCUT2D eigenvalue weighted by Crippen LogP contribution is 2.29. The highest BCUT2D eigenvalue weighted by atomic mass is 16.2. The first-order chi connectivity index (χ1) is 16.1. The van der Waals surface area contributed by atoms with Gasteiger partial charge in [-0.25, -0.2) is 4.98 Å². The monoisotopic (exact) mass is 461 g/mol. The third kappa shape index (κ3) is 6.13. The zero-order chi connectivity index (χ0) is 24.9. The molecule has 1 heterocycles. The minimum atomic E-state index is -0.335. The third-order valence-corrected chi connectivity index (χ3v) is 6.21. The van der Waals surface area contributed by atoms with Crippen LogP contribution in [0.4, 0.5) is 0 Å². The van der Waals surface area contributed by atoms with Gasteiger partial charge in [-0.1, -0.05) is 71.4 Å². The number of hydrogen-bond donors (Lipinski definition) is 0. The number of para-hydroxylation sites is 2. The van der Waals surface area contributed by atoms with Gasteiger partial charge in [0.05, 0.1) is 22.6 Å². The maximum atomic E-state index is 13.6. The van der Waals surface area contributed by atoms with Crippen molar-refractivity contribution in [2.75, 3.05) is 6.54 Å². The Morgan fingerprint density at radius 3 is 2.32 bits per heavy atom. The van der Waals surface area contributed by atoms with E-state index < -0.39 is 0 Å². The number of hydrogen-bond acceptors (Lipinski definition) is 3. The van der Waals surface area contributed by atoms with Crippen molar-refractivity contribution in [3.05, 3.63) is 70.8 Å². The first-order valence-corrected chi connectivity index (χ1v) is 12.5. The Balaban J connectivity index is 2.07. The molecule has 2 aromatic carbocycles. The van der Waals surface area contributed by atoms with Crippen molar-refractivity contribution in [1.29, 1.82) is 0 Å². The Hall–Kier alpha value is -2.95. The second-order valence-electron chi connectivity index (χ2n) is 10.7. The van der Waals surface area contributed by atoms with Crippen LogP contribution >= 0.6 is 0 Å². The Morgan fingerprint density at radius 2 is 1.68 bits per heavy atom. The molecular weight excluding hydrogens is 422 g/mol. The summed E-state index contributed by atoms with van der Waals surface area (Å²) in [5.74, 6) is 1.01. The molecule has 3 rings (SSSR count). The molecule has 0 fully saturated rings. The Kier molecular flexibility index (Phi) is 8.29. The maximum absolute atomic E-state index is 13.6. The van der Waals surface area contributed by atoms with Crippen LogP contribution in [0.5, 0.6) is 0 Å². The van der Waals surface area contributed by atoms with Gasteiger partial charge in [-0.15, -0.1) is 0 Å². The molecule has 2 atom stereocenters. The molecule has 0 aliphatic heterocycles. The summed E-state index contributed by atoms with van der Waals surface area (Å²) in [6, 6.07) is 16.7. The van der Waals surface area contributed by atoms with E-state index in [1.807, 2.05) is 66.4 Å². The largest absolute Gasteiger partial charge is 0.333 e. The van der Waals surface area contributed by atoms with E-state index in [9.17, 15) is 9.59 Å². The Morgan fingerprint density at radius 1 is 1.03 bits per heavy atom. The summed E-state index contributed by atoms with van der Waals surface area (Å²) in [6.07, 6.45) is 3.38. The lowest BCUT2D eigenvalue weighted by atomic mass is 9.84. The van der Waals surface area contributed by atoms with Gasteiger partial charge in [0, 0.05) is 13.0 Å². The molecule has 1 aromatic heterocycles. The highest BCUT2D eigenvalue weighted by molar-refractivity contribution is 5.79. The topological polar surface area (TPSA) is 55.2 Å². The molecule has 0 spiro atoms. The third-order valence-electron chi connectivity index (χ3n) is 6.21. The van der Waals surface area contributed by atoms with Crippen LogP contribution in [0.2, 0.25) is 0 Å². The van der Waals surface area contributed by atoms with E-state index in [2.05, 4.69) is 34.6 Å². The molecule has 5 nitrogen and oxygen atoms in total. The molecule has 182 valence electrons. The van der Waals surface area contributed by atoms with Gasteiger partial charge in [0.2, 0.25) is 5.91 Å². The first-order valence-electron chi connectivity index (χ1n) is 12.5. The summed E-state index contributed by atoms with van der Waals surface area (Å²) in [6.45, 7) is 13.6. The molecule has 2 unspecified atom stereocenters. The predicted octanol–water partition coefficient (Wildman–Crippen LogP) is 6.54. The zero-order valence-electron chi connectivity index (χ0n) is 21.5. The summed E-state index contributed by atoms with van der Waals surface area (Å²) < 4.78 is 1.68. The summed E-state index contributed by atoms with van der Waals surface area (Å²) in [7, 11) is 0. The van der Waals surface area contributed by atoms with Crippen LogP contribution in [0, 0.1) is 11.3 Å². The molecule has 0 saturated heterocycles. The van der Waals surface area contributed by atoms with E-state index >= 15 is 0 Å². The second-order valence-corrected chi connectivity index (χ2v) is 10.7. The van der Waals surface area contributed by atoms with E-state index in [0.29, 0.717) is 29.7 Å². The number of carbonyl (C=O) groups excluding carboxylic acids is 1. The van der Waals surface area contributed by atoms with Crippen LogP contribution in [0.15, 0.2) is 59.4 Å². The average molecular weight is 462 g/mol. The van der Waals surface area contributed by atoms with Crippen molar-refractivity contribution >= 4 is 16.8 Å². The van der Waals surface area contributed by atoms with Gasteiger partial charge in [-0.05, 0) is 55.4 Å². The number of amides is 1. The van der Waals surface area contributed by atoms with Crippen molar-refractivity contribution in [3.8, 4) is 5.69 Å². The maximum Gasteiger partial charge on any atom is 0.266 e. The van der Waals surface area contributed by atoms with Crippen molar-refractivity contribution in [2.24, 2.45) is 11.3 Å². The van der Waals surface area contributed by atoms with E-state index in [0.717, 1.165) is 24.9 Å². The molecular formula is C29H39N3O2. The van der Waals surface area contributed by atoms with Crippen molar-refractivity contribution < 1.29 is 4.79 Å². The van der Waals surface area contributed by atoms with Gasteiger partial charge < -0.3 is 4.90 Å². The summed E-state index contributed by atoms with van der Waals surface area (Å²) >= 11 is 0. The van der Waals surface area contributed by atoms with Gasteiger partial charge in [0.15, 0.2) is 0 Å². The number of benzene rings is 2. The standard InChI is InChI=1S/C29H39N3O2/c1-7-8-18-31(26(33)19-21(2)20-29(4,5)6)22(3)27-30-25-17-13-12-16-24(25)28(34)32(27)23-14-10-9-11-15-23/h9-17,21-22H,7-8,18-20H2,1-6H3. The van der Waals surface area contributed by atoms with Gasteiger partial charge in [0.1, 0.15) is 5.82 Å². The average Bonchev–Trinajstić information content (AvgIpc) is 2.78. The molecule has 5 heteroatoms. The molecule has 0 saturated carbocycles. The van der Waals surface area contributed by atoms with Crippen molar-refractivity contribution in [2.45, 2.75) is 73.3 Å². The van der Waals surface area contributed by atoms with Gasteiger partial charge in [-0.3, -0.25) is 14.2 Å². The number of carbonyl (C=O) groups is 1. The number of aromatic nitrogens is 2. The van der Waals surface area contributed by atoms with Crippen LogP contribution in [-0.2, 0) is 4.79 Å². The van der Waals surface area contributed by atoms with Crippen molar-refractivity contribution in [3.63, 3.8) is 0 Å². The quantitative estimate of drug-likeness (QED) is 0.364.